The number of aliphatic carboxylic acids is 2. The van der Waals surface area contributed by atoms with Gasteiger partial charge in [-0.2, -0.15) is 0 Å². The summed E-state index contributed by atoms with van der Waals surface area (Å²) in [6, 6.07) is 4.65. The fourth-order valence-electron chi connectivity index (χ4n) is 3.00. The molecule has 1 atom stereocenters. The van der Waals surface area contributed by atoms with Crippen molar-refractivity contribution in [2.24, 2.45) is 0 Å². The maximum Gasteiger partial charge on any atom is 0.327 e. The third-order valence-electron chi connectivity index (χ3n) is 4.14. The lowest BCUT2D eigenvalue weighted by Crippen LogP contribution is -2.45. The van der Waals surface area contributed by atoms with E-state index in [1.807, 2.05) is 0 Å². The molecule has 0 radical (unpaired) electrons. The fraction of sp³-hybridized carbons (Fsp3) is 0.176. The van der Waals surface area contributed by atoms with E-state index in [1.165, 1.54) is 6.92 Å². The Morgan fingerprint density at radius 3 is 2.36 bits per heavy atom. The Labute approximate surface area is 167 Å². The molecule has 0 aromatic heterocycles. The maximum absolute atomic E-state index is 12.9. The molecule has 9 nitrogen and oxygen atoms in total. The van der Waals surface area contributed by atoms with Crippen LogP contribution in [0.4, 0.5) is 5.69 Å². The molecular weight excluding hydrogens is 408 g/mol. The minimum absolute atomic E-state index is 0.0647. The van der Waals surface area contributed by atoms with Gasteiger partial charge in [-0.3, -0.25) is 24.1 Å². The minimum Gasteiger partial charge on any atom is -0.481 e. The highest BCUT2D eigenvalue weighted by Gasteiger charge is 2.46. The van der Waals surface area contributed by atoms with Gasteiger partial charge in [-0.15, -0.1) is 0 Å². The molecule has 2 N–H and O–H groups in total. The van der Waals surface area contributed by atoms with Crippen LogP contribution in [0.5, 0.6) is 0 Å². The number of benzene rings is 1. The van der Waals surface area contributed by atoms with Gasteiger partial charge in [0.25, 0.3) is 11.8 Å². The highest BCUT2D eigenvalue weighted by atomic mass is 32.2. The molecule has 144 valence electrons. The summed E-state index contributed by atoms with van der Waals surface area (Å²) in [7, 11) is 0. The molecule has 0 aliphatic carbocycles. The number of amides is 3. The number of nitrogens with zero attached hydrogens (tertiary/aromatic N) is 2. The van der Waals surface area contributed by atoms with Gasteiger partial charge in [0, 0.05) is 12.5 Å². The van der Waals surface area contributed by atoms with Crippen LogP contribution in [0.3, 0.4) is 0 Å². The van der Waals surface area contributed by atoms with Gasteiger partial charge in [0.2, 0.25) is 5.91 Å². The van der Waals surface area contributed by atoms with Crippen molar-refractivity contribution in [3.63, 3.8) is 0 Å². The summed E-state index contributed by atoms with van der Waals surface area (Å²) in [5.41, 5.74) is 0.582. The first kappa shape index (κ1) is 19.7. The van der Waals surface area contributed by atoms with Gasteiger partial charge >= 0.3 is 11.9 Å². The molecule has 0 spiro atoms. The number of carboxylic acids is 2. The number of para-hydroxylation sites is 1. The largest absolute Gasteiger partial charge is 0.481 e. The first-order valence-electron chi connectivity index (χ1n) is 7.83. The standard InChI is InChI=1S/C17H12N2O7S2/c1-7(20)18-9-5-3-2-4-8(9)12(14(18)23)13-15(24)19(17(27)28-13)10(16(25)26)6-11(21)22/h2-5,10H,6H2,1H3,(H,21,22)(H,25,26)/b13-12-/t10-/m1/s1. The molecule has 2 heterocycles. The van der Waals surface area contributed by atoms with E-state index in [-0.39, 0.29) is 14.8 Å². The highest BCUT2D eigenvalue weighted by molar-refractivity contribution is 8.26. The number of hydrogen-bond donors (Lipinski definition) is 2. The monoisotopic (exact) mass is 420 g/mol. The molecule has 2 aliphatic heterocycles. The average Bonchev–Trinajstić information content (AvgIpc) is 3.05. The van der Waals surface area contributed by atoms with Gasteiger partial charge in [0.05, 0.1) is 22.6 Å². The molecule has 0 unspecified atom stereocenters. The van der Waals surface area contributed by atoms with Crippen LogP contribution in [0.15, 0.2) is 29.2 Å². The second-order valence-electron chi connectivity index (χ2n) is 5.88. The normalized spacial score (nSPS) is 19.8. The third kappa shape index (κ3) is 3.08. The van der Waals surface area contributed by atoms with Gasteiger partial charge in [-0.05, 0) is 6.07 Å². The quantitative estimate of drug-likeness (QED) is 0.542. The number of rotatable bonds is 4. The molecule has 3 rings (SSSR count). The minimum atomic E-state index is -1.71. The number of carbonyl (C=O) groups excluding carboxylic acids is 3. The van der Waals surface area contributed by atoms with Gasteiger partial charge in [-0.25, -0.2) is 9.69 Å². The number of imide groups is 1. The van der Waals surface area contributed by atoms with E-state index in [4.69, 9.17) is 17.3 Å². The summed E-state index contributed by atoms with van der Waals surface area (Å²) in [4.78, 5) is 61.6. The van der Waals surface area contributed by atoms with E-state index >= 15 is 0 Å². The van der Waals surface area contributed by atoms with Crippen LogP contribution in [0, 0.1) is 0 Å². The van der Waals surface area contributed by atoms with Crippen LogP contribution in [-0.2, 0) is 24.0 Å². The summed E-state index contributed by atoms with van der Waals surface area (Å²) >= 11 is 5.79. The molecule has 1 aromatic carbocycles. The van der Waals surface area contributed by atoms with Crippen molar-refractivity contribution in [3.8, 4) is 0 Å². The maximum atomic E-state index is 12.9. The lowest BCUT2D eigenvalue weighted by atomic mass is 10.1. The predicted octanol–water partition coefficient (Wildman–Crippen LogP) is 1.08. The van der Waals surface area contributed by atoms with Crippen molar-refractivity contribution >= 4 is 69.2 Å². The molecule has 2 aliphatic rings. The summed E-state index contributed by atoms with van der Waals surface area (Å²) in [6.45, 7) is 1.20. The third-order valence-corrected chi connectivity index (χ3v) is 5.54. The Bertz CT molecular complexity index is 1000. The number of anilines is 1. The summed E-state index contributed by atoms with van der Waals surface area (Å²) in [6.07, 6.45) is -0.853. The average molecular weight is 420 g/mol. The van der Waals surface area contributed by atoms with Crippen LogP contribution >= 0.6 is 24.0 Å². The number of hydrogen-bond acceptors (Lipinski definition) is 7. The first-order valence-corrected chi connectivity index (χ1v) is 9.06. The molecular formula is C17H12N2O7S2. The second kappa shape index (κ2) is 7.17. The fourth-order valence-corrected chi connectivity index (χ4v) is 4.43. The van der Waals surface area contributed by atoms with E-state index in [2.05, 4.69) is 0 Å². The van der Waals surface area contributed by atoms with Crippen molar-refractivity contribution in [1.82, 2.24) is 4.90 Å². The number of thiocarbonyl (C=S) groups is 1. The van der Waals surface area contributed by atoms with Crippen LogP contribution in [0.1, 0.15) is 18.9 Å². The van der Waals surface area contributed by atoms with Crippen molar-refractivity contribution < 1.29 is 34.2 Å². The first-order chi connectivity index (χ1) is 13.1. The zero-order valence-corrected chi connectivity index (χ0v) is 15.9. The van der Waals surface area contributed by atoms with Crippen molar-refractivity contribution in [2.75, 3.05) is 4.90 Å². The molecule has 0 bridgehead atoms. The van der Waals surface area contributed by atoms with Crippen LogP contribution < -0.4 is 4.90 Å². The topological polar surface area (TPSA) is 132 Å². The SMILES string of the molecule is CC(=O)N1C(=O)/C(=C2\SC(=S)N([C@H](CC(=O)O)C(=O)O)C2=O)c2ccccc21. The lowest BCUT2D eigenvalue weighted by Gasteiger charge is -2.21. The van der Waals surface area contributed by atoms with E-state index in [0.717, 1.165) is 4.90 Å². The Kier molecular flexibility index (Phi) is 5.04. The van der Waals surface area contributed by atoms with E-state index in [1.54, 1.807) is 24.3 Å². The van der Waals surface area contributed by atoms with Crippen LogP contribution in [-0.4, -0.2) is 55.1 Å². The molecule has 3 amide bonds. The van der Waals surface area contributed by atoms with Crippen molar-refractivity contribution in [3.05, 3.63) is 34.7 Å². The summed E-state index contributed by atoms with van der Waals surface area (Å²) in [5.74, 6) is -5.10. The Hall–Kier alpha value is -3.05. The Balaban J connectivity index is 2.13. The Morgan fingerprint density at radius 2 is 1.79 bits per heavy atom. The van der Waals surface area contributed by atoms with E-state index < -0.39 is 42.1 Å². The van der Waals surface area contributed by atoms with Gasteiger partial charge in [0.1, 0.15) is 10.4 Å². The molecule has 1 fully saturated rings. The highest BCUT2D eigenvalue weighted by Crippen LogP contribution is 2.45. The molecule has 1 aromatic rings. The van der Waals surface area contributed by atoms with Crippen LogP contribution in [0.25, 0.3) is 5.57 Å². The summed E-state index contributed by atoms with van der Waals surface area (Å²) in [5, 5.41) is 18.3. The zero-order valence-electron chi connectivity index (χ0n) is 14.2. The van der Waals surface area contributed by atoms with E-state index in [0.29, 0.717) is 27.9 Å². The summed E-state index contributed by atoms with van der Waals surface area (Å²) < 4.78 is -0.173. The number of carbonyl (C=O) groups is 5. The lowest BCUT2D eigenvalue weighted by molar-refractivity contribution is -0.150. The second-order valence-corrected chi connectivity index (χ2v) is 7.52. The smallest absolute Gasteiger partial charge is 0.327 e. The van der Waals surface area contributed by atoms with Gasteiger partial charge in [-0.1, -0.05) is 42.2 Å². The molecule has 1 saturated heterocycles. The van der Waals surface area contributed by atoms with Crippen LogP contribution in [0.2, 0.25) is 0 Å². The van der Waals surface area contributed by atoms with Crippen molar-refractivity contribution in [2.45, 2.75) is 19.4 Å². The molecule has 11 heteroatoms. The molecule has 0 saturated carbocycles. The van der Waals surface area contributed by atoms with E-state index in [9.17, 15) is 29.1 Å². The number of thioether (sulfide) groups is 1. The van der Waals surface area contributed by atoms with Crippen molar-refractivity contribution in [1.29, 1.82) is 0 Å². The zero-order chi connectivity index (χ0) is 20.7. The molecule has 28 heavy (non-hydrogen) atoms. The Morgan fingerprint density at radius 1 is 1.14 bits per heavy atom. The number of carboxylic acid groups (broad SMARTS) is 2. The van der Waals surface area contributed by atoms with Gasteiger partial charge < -0.3 is 10.2 Å². The predicted molar refractivity (Wildman–Crippen MR) is 102 cm³/mol. The van der Waals surface area contributed by atoms with Gasteiger partial charge in [0.15, 0.2) is 0 Å². The number of fused-ring (bicyclic) bond motifs is 1.